The monoisotopic (exact) mass is 163 g/mol. The molecular formula is C6H13NO4. The topological polar surface area (TPSA) is 92.8 Å². The maximum atomic E-state index is 10.6. The molecule has 0 rings (SSSR count). The summed E-state index contributed by atoms with van der Waals surface area (Å²) in [5.41, 5.74) is 5.26. The molecule has 0 aromatic carbocycles. The summed E-state index contributed by atoms with van der Waals surface area (Å²) in [4.78, 5) is 10.6. The molecule has 2 unspecified atom stereocenters. The molecule has 5 heteroatoms. The lowest BCUT2D eigenvalue weighted by atomic mass is 10.1. The molecule has 0 aliphatic rings. The van der Waals surface area contributed by atoms with E-state index in [0.29, 0.717) is 0 Å². The number of aliphatic hydroxyl groups excluding tert-OH is 2. The fraction of sp³-hybridized carbons (Fsp3) is 0.833. The predicted molar refractivity (Wildman–Crippen MR) is 37.7 cm³/mol. The van der Waals surface area contributed by atoms with E-state index in [0.717, 1.165) is 0 Å². The number of ether oxygens (including phenoxy) is 1. The van der Waals surface area contributed by atoms with Crippen molar-refractivity contribution < 1.29 is 19.7 Å². The molecule has 0 saturated carbocycles. The predicted octanol–water partition coefficient (Wildman–Crippen LogP) is -1.77. The summed E-state index contributed by atoms with van der Waals surface area (Å²) in [6, 6.07) is -0.859. The summed E-state index contributed by atoms with van der Waals surface area (Å²) in [6.45, 7) is -0.398. The summed E-state index contributed by atoms with van der Waals surface area (Å²) in [7, 11) is 1.22. The van der Waals surface area contributed by atoms with Gasteiger partial charge in [0.05, 0.1) is 19.8 Å². The fourth-order valence-corrected chi connectivity index (χ4v) is 0.615. The standard InChI is InChI=1S/C6H13NO4/c1-11-6(10)5(7)2-4(9)3-8/h4-5,8-9H,2-3,7H2,1H3. The normalized spacial score (nSPS) is 15.6. The minimum absolute atomic E-state index is 0.0170. The summed E-state index contributed by atoms with van der Waals surface area (Å²) < 4.78 is 4.30. The molecule has 0 aromatic heterocycles. The Hall–Kier alpha value is -0.650. The third kappa shape index (κ3) is 3.92. The molecule has 0 aliphatic carbocycles. The van der Waals surface area contributed by atoms with E-state index in [1.54, 1.807) is 0 Å². The summed E-state index contributed by atoms with van der Waals surface area (Å²) in [5, 5.41) is 17.2. The quantitative estimate of drug-likeness (QED) is 0.426. The van der Waals surface area contributed by atoms with Crippen LogP contribution < -0.4 is 5.73 Å². The zero-order chi connectivity index (χ0) is 8.85. The van der Waals surface area contributed by atoms with Crippen molar-refractivity contribution in [2.75, 3.05) is 13.7 Å². The lowest BCUT2D eigenvalue weighted by Crippen LogP contribution is -2.36. The van der Waals surface area contributed by atoms with Crippen molar-refractivity contribution in [3.8, 4) is 0 Å². The van der Waals surface area contributed by atoms with Gasteiger partial charge in [-0.05, 0) is 0 Å². The molecule has 4 N–H and O–H groups in total. The van der Waals surface area contributed by atoms with Crippen molar-refractivity contribution in [2.45, 2.75) is 18.6 Å². The molecule has 66 valence electrons. The number of carbonyl (C=O) groups is 1. The molecule has 0 saturated heterocycles. The number of aliphatic hydroxyl groups is 2. The van der Waals surface area contributed by atoms with E-state index in [4.69, 9.17) is 15.9 Å². The maximum Gasteiger partial charge on any atom is 0.322 e. The van der Waals surface area contributed by atoms with E-state index in [9.17, 15) is 4.79 Å². The molecule has 0 radical (unpaired) electrons. The Morgan fingerprint density at radius 1 is 1.73 bits per heavy atom. The first-order valence-corrected chi connectivity index (χ1v) is 3.24. The highest BCUT2D eigenvalue weighted by Gasteiger charge is 2.17. The number of esters is 1. The van der Waals surface area contributed by atoms with Crippen LogP contribution in [0.25, 0.3) is 0 Å². The molecule has 0 amide bonds. The van der Waals surface area contributed by atoms with Gasteiger partial charge in [0.2, 0.25) is 0 Å². The Labute approximate surface area is 64.8 Å². The van der Waals surface area contributed by atoms with E-state index in [1.807, 2.05) is 0 Å². The van der Waals surface area contributed by atoms with Crippen LogP contribution in [0.1, 0.15) is 6.42 Å². The lowest BCUT2D eigenvalue weighted by Gasteiger charge is -2.11. The van der Waals surface area contributed by atoms with Crippen molar-refractivity contribution >= 4 is 5.97 Å². The average molecular weight is 163 g/mol. The van der Waals surface area contributed by atoms with Crippen LogP contribution in [0.4, 0.5) is 0 Å². The Kier molecular flexibility index (Phi) is 4.76. The second-order valence-corrected chi connectivity index (χ2v) is 2.20. The van der Waals surface area contributed by atoms with Gasteiger partial charge in [0.1, 0.15) is 6.04 Å². The zero-order valence-corrected chi connectivity index (χ0v) is 6.36. The first-order chi connectivity index (χ1) is 5.11. The smallest absolute Gasteiger partial charge is 0.322 e. The van der Waals surface area contributed by atoms with E-state index < -0.39 is 24.7 Å². The van der Waals surface area contributed by atoms with Gasteiger partial charge in [0.15, 0.2) is 0 Å². The first-order valence-electron chi connectivity index (χ1n) is 3.24. The minimum atomic E-state index is -0.955. The van der Waals surface area contributed by atoms with Crippen LogP contribution in [0, 0.1) is 0 Å². The van der Waals surface area contributed by atoms with Crippen LogP contribution in [0.5, 0.6) is 0 Å². The number of hydrogen-bond acceptors (Lipinski definition) is 5. The van der Waals surface area contributed by atoms with Crippen molar-refractivity contribution in [2.24, 2.45) is 5.73 Å². The maximum absolute atomic E-state index is 10.6. The molecule has 0 bridgehead atoms. The summed E-state index contributed by atoms with van der Waals surface area (Å²) in [6.07, 6.45) is -0.938. The highest BCUT2D eigenvalue weighted by molar-refractivity contribution is 5.75. The van der Waals surface area contributed by atoms with Crippen molar-refractivity contribution in [3.63, 3.8) is 0 Å². The summed E-state index contributed by atoms with van der Waals surface area (Å²) >= 11 is 0. The van der Waals surface area contributed by atoms with Gasteiger partial charge in [-0.2, -0.15) is 0 Å². The van der Waals surface area contributed by atoms with E-state index >= 15 is 0 Å². The number of nitrogens with two attached hydrogens (primary N) is 1. The van der Waals surface area contributed by atoms with Crippen molar-refractivity contribution in [3.05, 3.63) is 0 Å². The molecule has 2 atom stereocenters. The van der Waals surface area contributed by atoms with Gasteiger partial charge >= 0.3 is 5.97 Å². The van der Waals surface area contributed by atoms with Crippen molar-refractivity contribution in [1.29, 1.82) is 0 Å². The number of rotatable bonds is 4. The largest absolute Gasteiger partial charge is 0.468 e. The number of hydrogen-bond donors (Lipinski definition) is 3. The van der Waals surface area contributed by atoms with E-state index in [2.05, 4.69) is 4.74 Å². The summed E-state index contributed by atoms with van der Waals surface area (Å²) in [5.74, 6) is -0.586. The SMILES string of the molecule is COC(=O)C(N)CC(O)CO. The van der Waals surface area contributed by atoms with Crippen LogP contribution in [-0.2, 0) is 9.53 Å². The Balaban J connectivity index is 3.67. The van der Waals surface area contributed by atoms with Gasteiger partial charge in [-0.25, -0.2) is 0 Å². The minimum Gasteiger partial charge on any atom is -0.468 e. The van der Waals surface area contributed by atoms with Crippen molar-refractivity contribution in [1.82, 2.24) is 0 Å². The van der Waals surface area contributed by atoms with E-state index in [-0.39, 0.29) is 6.42 Å². The Morgan fingerprint density at radius 3 is 2.64 bits per heavy atom. The Morgan fingerprint density at radius 2 is 2.27 bits per heavy atom. The van der Waals surface area contributed by atoms with Gasteiger partial charge in [0, 0.05) is 6.42 Å². The zero-order valence-electron chi connectivity index (χ0n) is 6.36. The third-order valence-electron chi connectivity index (χ3n) is 1.24. The van der Waals surface area contributed by atoms with Gasteiger partial charge in [0.25, 0.3) is 0 Å². The van der Waals surface area contributed by atoms with Crippen LogP contribution in [0.15, 0.2) is 0 Å². The molecule has 0 spiro atoms. The van der Waals surface area contributed by atoms with E-state index in [1.165, 1.54) is 7.11 Å². The molecule has 5 nitrogen and oxygen atoms in total. The second-order valence-electron chi connectivity index (χ2n) is 2.20. The number of methoxy groups -OCH3 is 1. The fourth-order valence-electron chi connectivity index (χ4n) is 0.615. The molecule has 11 heavy (non-hydrogen) atoms. The second kappa shape index (κ2) is 5.06. The molecule has 0 aliphatic heterocycles. The molecule has 0 heterocycles. The van der Waals surface area contributed by atoms with Gasteiger partial charge in [-0.3, -0.25) is 4.79 Å². The van der Waals surface area contributed by atoms with Gasteiger partial charge < -0.3 is 20.7 Å². The molecule has 0 aromatic rings. The highest BCUT2D eigenvalue weighted by atomic mass is 16.5. The molecule has 0 fully saturated rings. The highest BCUT2D eigenvalue weighted by Crippen LogP contribution is 1.96. The van der Waals surface area contributed by atoms with Gasteiger partial charge in [-0.15, -0.1) is 0 Å². The van der Waals surface area contributed by atoms with Crippen LogP contribution in [0.3, 0.4) is 0 Å². The number of carbonyl (C=O) groups excluding carboxylic acids is 1. The van der Waals surface area contributed by atoms with Crippen LogP contribution in [-0.4, -0.2) is 42.0 Å². The van der Waals surface area contributed by atoms with Crippen LogP contribution in [0.2, 0.25) is 0 Å². The lowest BCUT2D eigenvalue weighted by molar-refractivity contribution is -0.143. The first kappa shape index (κ1) is 10.3. The molecular weight excluding hydrogens is 150 g/mol. The van der Waals surface area contributed by atoms with Crippen LogP contribution >= 0.6 is 0 Å². The third-order valence-corrected chi connectivity index (χ3v) is 1.24. The van der Waals surface area contributed by atoms with Gasteiger partial charge in [-0.1, -0.05) is 0 Å². The Bertz CT molecular complexity index is 128. The average Bonchev–Trinajstić information content (AvgIpc) is 2.02.